The molecule has 1 fully saturated rings. The first-order valence-electron chi connectivity index (χ1n) is 8.60. The number of H-pyrrole nitrogens is 1. The highest BCUT2D eigenvalue weighted by Crippen LogP contribution is 2.39. The molecule has 1 aromatic heterocycles. The molecule has 0 amide bonds. The van der Waals surface area contributed by atoms with Crippen molar-refractivity contribution in [3.63, 3.8) is 0 Å². The average Bonchev–Trinajstić information content (AvgIpc) is 3.05. The largest absolute Gasteiger partial charge is 0.497 e. The highest BCUT2D eigenvalue weighted by Gasteiger charge is 2.18. The normalized spacial score (nSPS) is 15.7. The Morgan fingerprint density at radius 2 is 1.80 bits per heavy atom. The molecule has 0 saturated carbocycles. The summed E-state index contributed by atoms with van der Waals surface area (Å²) in [5.41, 5.74) is 2.47. The first-order valence-corrected chi connectivity index (χ1v) is 9.42. The monoisotopic (exact) mass is 353 g/mol. The molecule has 4 nitrogen and oxygen atoms in total. The third-order valence-electron chi connectivity index (χ3n) is 4.78. The minimum absolute atomic E-state index is 0.890. The number of hydrogen-bond donors (Lipinski definition) is 1. The van der Waals surface area contributed by atoms with Crippen molar-refractivity contribution in [3.05, 3.63) is 48.7 Å². The van der Waals surface area contributed by atoms with Crippen LogP contribution in [0.4, 0.5) is 5.69 Å². The number of anilines is 1. The molecule has 0 unspecified atom stereocenters. The summed E-state index contributed by atoms with van der Waals surface area (Å²) in [5.74, 6) is 0.890. The maximum absolute atomic E-state index is 5.39. The Bertz CT molecular complexity index is 868. The van der Waals surface area contributed by atoms with Crippen molar-refractivity contribution in [2.75, 3.05) is 45.2 Å². The summed E-state index contributed by atoms with van der Waals surface area (Å²) >= 11 is 1.82. The standard InChI is InChI=1S/C20H23N3OS/c1-22-9-11-23(12-10-22)18-5-3-4-6-19(18)25-20-14-21-17-8-7-15(24-2)13-16(17)20/h3-8,13-14,21H,9-12H2,1-2H3. The van der Waals surface area contributed by atoms with Crippen LogP contribution in [0.3, 0.4) is 0 Å². The fourth-order valence-electron chi connectivity index (χ4n) is 3.26. The predicted octanol–water partition coefficient (Wildman–Crippen LogP) is 4.08. The number of para-hydroxylation sites is 1. The van der Waals surface area contributed by atoms with E-state index in [1.165, 1.54) is 20.9 Å². The van der Waals surface area contributed by atoms with E-state index in [1.807, 2.05) is 17.8 Å². The second kappa shape index (κ2) is 7.02. The number of methoxy groups -OCH3 is 1. The van der Waals surface area contributed by atoms with Crippen molar-refractivity contribution in [3.8, 4) is 5.75 Å². The Labute approximate surface area is 152 Å². The molecule has 2 aromatic carbocycles. The van der Waals surface area contributed by atoms with E-state index in [0.717, 1.165) is 37.4 Å². The number of aromatic amines is 1. The van der Waals surface area contributed by atoms with Gasteiger partial charge in [0.2, 0.25) is 0 Å². The molecular weight excluding hydrogens is 330 g/mol. The van der Waals surface area contributed by atoms with Crippen LogP contribution in [-0.4, -0.2) is 50.2 Å². The van der Waals surface area contributed by atoms with Crippen LogP contribution in [0.1, 0.15) is 0 Å². The maximum Gasteiger partial charge on any atom is 0.119 e. The van der Waals surface area contributed by atoms with Crippen LogP contribution in [0.15, 0.2) is 58.5 Å². The Hall–Kier alpha value is -2.11. The lowest BCUT2D eigenvalue weighted by atomic mass is 10.2. The molecule has 0 aliphatic carbocycles. The van der Waals surface area contributed by atoms with Gasteiger partial charge in [0.05, 0.1) is 12.8 Å². The summed E-state index contributed by atoms with van der Waals surface area (Å²) in [7, 11) is 3.90. The van der Waals surface area contributed by atoms with Gasteiger partial charge < -0.3 is 19.5 Å². The van der Waals surface area contributed by atoms with Gasteiger partial charge in [-0.1, -0.05) is 23.9 Å². The van der Waals surface area contributed by atoms with E-state index in [9.17, 15) is 0 Å². The van der Waals surface area contributed by atoms with E-state index in [2.05, 4.69) is 64.4 Å². The van der Waals surface area contributed by atoms with Crippen LogP contribution in [-0.2, 0) is 0 Å². The van der Waals surface area contributed by atoms with E-state index in [4.69, 9.17) is 4.74 Å². The second-order valence-electron chi connectivity index (χ2n) is 6.42. The predicted molar refractivity (Wildman–Crippen MR) is 105 cm³/mol. The minimum Gasteiger partial charge on any atom is -0.497 e. The number of likely N-dealkylation sites (N-methyl/N-ethyl adjacent to an activating group) is 1. The minimum atomic E-state index is 0.890. The average molecular weight is 353 g/mol. The van der Waals surface area contributed by atoms with Crippen LogP contribution >= 0.6 is 11.8 Å². The molecule has 0 atom stereocenters. The molecule has 25 heavy (non-hydrogen) atoms. The molecule has 1 aliphatic rings. The van der Waals surface area contributed by atoms with E-state index >= 15 is 0 Å². The summed E-state index contributed by atoms with van der Waals surface area (Å²) < 4.78 is 5.39. The molecule has 0 radical (unpaired) electrons. The lowest BCUT2D eigenvalue weighted by Crippen LogP contribution is -2.44. The Balaban J connectivity index is 1.65. The maximum atomic E-state index is 5.39. The number of nitrogens with zero attached hydrogens (tertiary/aromatic N) is 2. The van der Waals surface area contributed by atoms with Crippen molar-refractivity contribution >= 4 is 28.4 Å². The highest BCUT2D eigenvalue weighted by atomic mass is 32.2. The van der Waals surface area contributed by atoms with Crippen molar-refractivity contribution in [2.45, 2.75) is 9.79 Å². The topological polar surface area (TPSA) is 31.5 Å². The van der Waals surface area contributed by atoms with E-state index < -0.39 is 0 Å². The van der Waals surface area contributed by atoms with Gasteiger partial charge in [0.15, 0.2) is 0 Å². The zero-order valence-electron chi connectivity index (χ0n) is 14.7. The summed E-state index contributed by atoms with van der Waals surface area (Å²) in [4.78, 5) is 10.8. The summed E-state index contributed by atoms with van der Waals surface area (Å²) in [6, 6.07) is 14.9. The van der Waals surface area contributed by atoms with Gasteiger partial charge in [0.1, 0.15) is 5.75 Å². The highest BCUT2D eigenvalue weighted by molar-refractivity contribution is 7.99. The number of piperazine rings is 1. The molecule has 1 aliphatic heterocycles. The molecule has 0 spiro atoms. The fourth-order valence-corrected chi connectivity index (χ4v) is 4.34. The van der Waals surface area contributed by atoms with Crippen LogP contribution in [0.5, 0.6) is 5.75 Å². The molecule has 2 heterocycles. The van der Waals surface area contributed by atoms with Gasteiger partial charge >= 0.3 is 0 Å². The van der Waals surface area contributed by atoms with Crippen molar-refractivity contribution in [1.82, 2.24) is 9.88 Å². The first kappa shape index (κ1) is 16.4. The van der Waals surface area contributed by atoms with Crippen molar-refractivity contribution in [1.29, 1.82) is 0 Å². The van der Waals surface area contributed by atoms with Crippen LogP contribution in [0, 0.1) is 0 Å². The Morgan fingerprint density at radius 3 is 2.60 bits per heavy atom. The van der Waals surface area contributed by atoms with Crippen LogP contribution in [0.2, 0.25) is 0 Å². The lowest BCUT2D eigenvalue weighted by molar-refractivity contribution is 0.312. The van der Waals surface area contributed by atoms with Crippen molar-refractivity contribution in [2.24, 2.45) is 0 Å². The van der Waals surface area contributed by atoms with Gasteiger partial charge in [-0.25, -0.2) is 0 Å². The zero-order chi connectivity index (χ0) is 17.2. The van der Waals surface area contributed by atoms with Crippen LogP contribution < -0.4 is 9.64 Å². The van der Waals surface area contributed by atoms with Gasteiger partial charge in [0, 0.05) is 53.1 Å². The third-order valence-corrected chi connectivity index (χ3v) is 5.90. The second-order valence-corrected chi connectivity index (χ2v) is 7.51. The summed E-state index contributed by atoms with van der Waals surface area (Å²) in [6.07, 6.45) is 2.09. The molecule has 5 heteroatoms. The molecule has 1 N–H and O–H groups in total. The van der Waals surface area contributed by atoms with Gasteiger partial charge in [0.25, 0.3) is 0 Å². The molecule has 3 aromatic rings. The zero-order valence-corrected chi connectivity index (χ0v) is 15.5. The number of hydrogen-bond acceptors (Lipinski definition) is 4. The van der Waals surface area contributed by atoms with Gasteiger partial charge in [-0.05, 0) is 37.4 Å². The third kappa shape index (κ3) is 3.34. The SMILES string of the molecule is COc1ccc2[nH]cc(Sc3ccccc3N3CCN(C)CC3)c2c1. The Kier molecular flexibility index (Phi) is 4.59. The smallest absolute Gasteiger partial charge is 0.119 e. The van der Waals surface area contributed by atoms with Gasteiger partial charge in [-0.15, -0.1) is 0 Å². The van der Waals surface area contributed by atoms with Crippen LogP contribution in [0.25, 0.3) is 10.9 Å². The number of rotatable bonds is 4. The quantitative estimate of drug-likeness (QED) is 0.766. The van der Waals surface area contributed by atoms with Crippen molar-refractivity contribution < 1.29 is 4.74 Å². The number of benzene rings is 2. The number of ether oxygens (including phenoxy) is 1. The molecule has 0 bridgehead atoms. The number of fused-ring (bicyclic) bond motifs is 1. The molecule has 130 valence electrons. The first-order chi connectivity index (χ1) is 12.2. The fraction of sp³-hybridized carbons (Fsp3) is 0.300. The van der Waals surface area contributed by atoms with E-state index in [1.54, 1.807) is 7.11 Å². The Morgan fingerprint density at radius 1 is 1.00 bits per heavy atom. The number of aromatic nitrogens is 1. The summed E-state index contributed by atoms with van der Waals surface area (Å²) in [6.45, 7) is 4.39. The van der Waals surface area contributed by atoms with Gasteiger partial charge in [-0.2, -0.15) is 0 Å². The van der Waals surface area contributed by atoms with Gasteiger partial charge in [-0.3, -0.25) is 0 Å². The lowest BCUT2D eigenvalue weighted by Gasteiger charge is -2.35. The number of nitrogens with one attached hydrogen (secondary N) is 1. The molecular formula is C20H23N3OS. The van der Waals surface area contributed by atoms with E-state index in [-0.39, 0.29) is 0 Å². The molecule has 4 rings (SSSR count). The molecule has 1 saturated heterocycles. The summed E-state index contributed by atoms with van der Waals surface area (Å²) in [5, 5.41) is 1.21. The van der Waals surface area contributed by atoms with E-state index in [0.29, 0.717) is 0 Å².